The summed E-state index contributed by atoms with van der Waals surface area (Å²) in [6.45, 7) is 4.79. The molecule has 0 amide bonds. The van der Waals surface area contributed by atoms with Gasteiger partial charge < -0.3 is 9.88 Å². The summed E-state index contributed by atoms with van der Waals surface area (Å²) >= 11 is 0. The molecule has 1 fully saturated rings. The SMILES string of the molecule is CCn1ccnc1NC1(C)CCS(=O)(=O)C1. The zero-order valence-corrected chi connectivity index (χ0v) is 10.4. The molecule has 16 heavy (non-hydrogen) atoms. The van der Waals surface area contributed by atoms with Gasteiger partial charge in [0.15, 0.2) is 9.84 Å². The summed E-state index contributed by atoms with van der Waals surface area (Å²) in [6, 6.07) is 0. The summed E-state index contributed by atoms with van der Waals surface area (Å²) in [6.07, 6.45) is 4.25. The molecular weight excluding hydrogens is 226 g/mol. The summed E-state index contributed by atoms with van der Waals surface area (Å²) in [5.74, 6) is 1.21. The van der Waals surface area contributed by atoms with Crippen molar-refractivity contribution in [2.45, 2.75) is 32.4 Å². The molecule has 5 nitrogen and oxygen atoms in total. The van der Waals surface area contributed by atoms with Gasteiger partial charge in [-0.05, 0) is 20.3 Å². The van der Waals surface area contributed by atoms with Crippen molar-refractivity contribution >= 4 is 15.8 Å². The van der Waals surface area contributed by atoms with E-state index in [1.165, 1.54) is 0 Å². The Labute approximate surface area is 95.8 Å². The van der Waals surface area contributed by atoms with Crippen molar-refractivity contribution in [3.8, 4) is 0 Å². The van der Waals surface area contributed by atoms with Gasteiger partial charge in [-0.25, -0.2) is 13.4 Å². The molecule has 0 spiro atoms. The number of aromatic nitrogens is 2. The standard InChI is InChI=1S/C10H17N3O2S/c1-3-13-6-5-11-9(13)12-10(2)4-7-16(14,15)8-10/h5-6H,3-4,7-8H2,1-2H3,(H,11,12). The minimum Gasteiger partial charge on any atom is -0.349 e. The molecule has 0 saturated carbocycles. The number of rotatable bonds is 3. The third kappa shape index (κ3) is 2.21. The monoisotopic (exact) mass is 243 g/mol. The number of nitrogens with one attached hydrogen (secondary N) is 1. The molecule has 0 aromatic carbocycles. The van der Waals surface area contributed by atoms with E-state index in [9.17, 15) is 8.42 Å². The van der Waals surface area contributed by atoms with Crippen molar-refractivity contribution in [2.24, 2.45) is 0 Å². The number of nitrogens with zero attached hydrogens (tertiary/aromatic N) is 2. The summed E-state index contributed by atoms with van der Waals surface area (Å²) in [4.78, 5) is 4.20. The molecule has 6 heteroatoms. The van der Waals surface area contributed by atoms with E-state index in [1.807, 2.05) is 24.6 Å². The Morgan fingerprint density at radius 2 is 2.38 bits per heavy atom. The maximum absolute atomic E-state index is 11.5. The molecule has 1 aliphatic rings. The van der Waals surface area contributed by atoms with Crippen molar-refractivity contribution in [3.05, 3.63) is 12.4 Å². The second-order valence-electron chi connectivity index (χ2n) is 4.56. The minimum atomic E-state index is -2.88. The highest BCUT2D eigenvalue weighted by Crippen LogP contribution is 2.26. The Morgan fingerprint density at radius 3 is 2.94 bits per heavy atom. The highest BCUT2D eigenvalue weighted by atomic mass is 32.2. The molecule has 0 bridgehead atoms. The number of imidazole rings is 1. The van der Waals surface area contributed by atoms with Gasteiger partial charge in [0.25, 0.3) is 0 Å². The molecule has 1 aromatic rings. The van der Waals surface area contributed by atoms with Crippen LogP contribution in [0.15, 0.2) is 12.4 Å². The smallest absolute Gasteiger partial charge is 0.203 e. The normalized spacial score (nSPS) is 28.1. The first-order valence-corrected chi connectivity index (χ1v) is 7.26. The lowest BCUT2D eigenvalue weighted by molar-refractivity contribution is 0.562. The molecule has 1 aliphatic heterocycles. The van der Waals surface area contributed by atoms with E-state index in [4.69, 9.17) is 0 Å². The largest absolute Gasteiger partial charge is 0.349 e. The number of aryl methyl sites for hydroxylation is 1. The van der Waals surface area contributed by atoms with Gasteiger partial charge in [-0.1, -0.05) is 0 Å². The van der Waals surface area contributed by atoms with Gasteiger partial charge in [0.05, 0.1) is 17.0 Å². The van der Waals surface area contributed by atoms with Crippen molar-refractivity contribution in [1.29, 1.82) is 0 Å². The molecule has 90 valence electrons. The first kappa shape index (κ1) is 11.4. The maximum Gasteiger partial charge on any atom is 0.203 e. The Bertz CT molecular complexity index is 480. The number of hydrogen-bond donors (Lipinski definition) is 1. The second-order valence-corrected chi connectivity index (χ2v) is 6.75. The Kier molecular flexibility index (Phi) is 2.69. The van der Waals surface area contributed by atoms with E-state index in [0.29, 0.717) is 6.42 Å². The van der Waals surface area contributed by atoms with Gasteiger partial charge in [-0.2, -0.15) is 0 Å². The Morgan fingerprint density at radius 1 is 1.62 bits per heavy atom. The third-order valence-corrected chi connectivity index (χ3v) is 4.88. The van der Waals surface area contributed by atoms with Crippen LogP contribution in [0.2, 0.25) is 0 Å². The predicted molar refractivity (Wildman–Crippen MR) is 63.2 cm³/mol. The van der Waals surface area contributed by atoms with E-state index < -0.39 is 9.84 Å². The van der Waals surface area contributed by atoms with Crippen molar-refractivity contribution in [2.75, 3.05) is 16.8 Å². The average Bonchev–Trinajstić information content (AvgIpc) is 2.71. The van der Waals surface area contributed by atoms with Crippen LogP contribution in [0, 0.1) is 0 Å². The molecule has 1 saturated heterocycles. The summed E-state index contributed by atoms with van der Waals surface area (Å²) in [7, 11) is -2.88. The van der Waals surface area contributed by atoms with Crippen LogP contribution in [0.25, 0.3) is 0 Å². The summed E-state index contributed by atoms with van der Waals surface area (Å²) < 4.78 is 24.9. The quantitative estimate of drug-likeness (QED) is 0.856. The zero-order valence-electron chi connectivity index (χ0n) is 9.60. The maximum atomic E-state index is 11.5. The van der Waals surface area contributed by atoms with E-state index in [1.54, 1.807) is 6.20 Å². The lowest BCUT2D eigenvalue weighted by Crippen LogP contribution is -2.37. The first-order chi connectivity index (χ1) is 7.44. The Hall–Kier alpha value is -1.04. The van der Waals surface area contributed by atoms with Gasteiger partial charge in [0, 0.05) is 18.9 Å². The van der Waals surface area contributed by atoms with Crippen LogP contribution in [-0.2, 0) is 16.4 Å². The first-order valence-electron chi connectivity index (χ1n) is 5.44. The summed E-state index contributed by atoms with van der Waals surface area (Å²) in [5.41, 5.74) is -0.378. The number of anilines is 1. The zero-order chi connectivity index (χ0) is 11.8. The van der Waals surface area contributed by atoms with Crippen LogP contribution in [-0.4, -0.2) is 35.0 Å². The molecular formula is C10H17N3O2S. The van der Waals surface area contributed by atoms with Gasteiger partial charge in [-0.3, -0.25) is 0 Å². The molecule has 1 N–H and O–H groups in total. The van der Waals surface area contributed by atoms with E-state index in [2.05, 4.69) is 10.3 Å². The number of sulfone groups is 1. The number of hydrogen-bond acceptors (Lipinski definition) is 4. The molecule has 1 unspecified atom stereocenters. The molecule has 0 radical (unpaired) electrons. The lowest BCUT2D eigenvalue weighted by Gasteiger charge is -2.24. The second kappa shape index (κ2) is 3.76. The fourth-order valence-corrected chi connectivity index (χ4v) is 4.16. The summed E-state index contributed by atoms with van der Waals surface area (Å²) in [5, 5.41) is 3.25. The highest BCUT2D eigenvalue weighted by molar-refractivity contribution is 7.91. The van der Waals surface area contributed by atoms with Crippen LogP contribution in [0.4, 0.5) is 5.95 Å². The lowest BCUT2D eigenvalue weighted by atomic mass is 10.0. The van der Waals surface area contributed by atoms with E-state index in [0.717, 1.165) is 12.5 Å². The van der Waals surface area contributed by atoms with Crippen molar-refractivity contribution < 1.29 is 8.42 Å². The van der Waals surface area contributed by atoms with Crippen LogP contribution >= 0.6 is 0 Å². The average molecular weight is 243 g/mol. The van der Waals surface area contributed by atoms with Gasteiger partial charge in [-0.15, -0.1) is 0 Å². The van der Waals surface area contributed by atoms with Crippen molar-refractivity contribution in [1.82, 2.24) is 9.55 Å². The van der Waals surface area contributed by atoms with Gasteiger partial charge in [0.1, 0.15) is 0 Å². The fourth-order valence-electron chi connectivity index (χ4n) is 2.07. The molecule has 2 heterocycles. The Balaban J connectivity index is 2.16. The minimum absolute atomic E-state index is 0.191. The van der Waals surface area contributed by atoms with Gasteiger partial charge in [0.2, 0.25) is 5.95 Å². The van der Waals surface area contributed by atoms with Crippen LogP contribution in [0.1, 0.15) is 20.3 Å². The molecule has 1 atom stereocenters. The van der Waals surface area contributed by atoms with Crippen LogP contribution in [0.5, 0.6) is 0 Å². The van der Waals surface area contributed by atoms with E-state index >= 15 is 0 Å². The molecule has 1 aromatic heterocycles. The van der Waals surface area contributed by atoms with Gasteiger partial charge >= 0.3 is 0 Å². The van der Waals surface area contributed by atoms with E-state index in [-0.39, 0.29) is 17.0 Å². The topological polar surface area (TPSA) is 64.0 Å². The molecule has 0 aliphatic carbocycles. The fraction of sp³-hybridized carbons (Fsp3) is 0.700. The van der Waals surface area contributed by atoms with Crippen molar-refractivity contribution in [3.63, 3.8) is 0 Å². The van der Waals surface area contributed by atoms with Crippen LogP contribution < -0.4 is 5.32 Å². The molecule has 2 rings (SSSR count). The highest BCUT2D eigenvalue weighted by Gasteiger charge is 2.38. The predicted octanol–water partition coefficient (Wildman–Crippen LogP) is 0.892. The van der Waals surface area contributed by atoms with Crippen LogP contribution in [0.3, 0.4) is 0 Å². The third-order valence-electron chi connectivity index (χ3n) is 2.97.